The third-order valence-electron chi connectivity index (χ3n) is 0.979. The number of carboxylic acids is 1. The smallest absolute Gasteiger partial charge is 0.335 e. The van der Waals surface area contributed by atoms with Crippen molar-refractivity contribution in [3.8, 4) is 0 Å². The number of nitrogens with two attached hydrogens (primary N) is 1. The number of aliphatic carboxylic acids is 1. The van der Waals surface area contributed by atoms with Crippen LogP contribution in [0.3, 0.4) is 0 Å². The van der Waals surface area contributed by atoms with E-state index in [2.05, 4.69) is 11.9 Å². The summed E-state index contributed by atoms with van der Waals surface area (Å²) < 4.78 is 0. The first-order chi connectivity index (χ1) is 4.68. The van der Waals surface area contributed by atoms with Crippen molar-refractivity contribution in [3.05, 3.63) is 12.7 Å². The normalized spacial score (nSPS) is 12.5. The molecule has 4 heteroatoms. The fraction of sp³-hybridized carbons (Fsp3) is 0.500. The molecule has 0 aromatic carbocycles. The van der Waals surface area contributed by atoms with Gasteiger partial charge in [-0.3, -0.25) is 5.32 Å². The van der Waals surface area contributed by atoms with Crippen molar-refractivity contribution >= 4 is 5.97 Å². The monoisotopic (exact) mass is 144 g/mol. The third-order valence-corrected chi connectivity index (χ3v) is 0.979. The van der Waals surface area contributed by atoms with Crippen LogP contribution in [0.15, 0.2) is 12.7 Å². The standard InChI is InChI=1S/C6H12N2O2/c1-2-3-4-8-5(7)6(9)10/h2,5,8H,1,3-4,7H2,(H,9,10). The Balaban J connectivity index is 3.30. The van der Waals surface area contributed by atoms with Gasteiger partial charge in [0.2, 0.25) is 0 Å². The molecule has 4 N–H and O–H groups in total. The predicted molar refractivity (Wildman–Crippen MR) is 38.4 cm³/mol. The minimum atomic E-state index is -1.04. The minimum Gasteiger partial charge on any atom is -0.479 e. The van der Waals surface area contributed by atoms with Gasteiger partial charge in [0.25, 0.3) is 0 Å². The van der Waals surface area contributed by atoms with E-state index in [0.29, 0.717) is 6.54 Å². The molecular weight excluding hydrogens is 132 g/mol. The van der Waals surface area contributed by atoms with Crippen molar-refractivity contribution in [1.29, 1.82) is 0 Å². The maximum absolute atomic E-state index is 10.1. The van der Waals surface area contributed by atoms with Gasteiger partial charge in [-0.25, -0.2) is 4.79 Å². The lowest BCUT2D eigenvalue weighted by Gasteiger charge is -2.06. The van der Waals surface area contributed by atoms with Crippen LogP contribution in [0.5, 0.6) is 0 Å². The molecule has 0 rings (SSSR count). The average molecular weight is 144 g/mol. The highest BCUT2D eigenvalue weighted by atomic mass is 16.4. The lowest BCUT2D eigenvalue weighted by atomic mass is 10.4. The summed E-state index contributed by atoms with van der Waals surface area (Å²) in [6.07, 6.45) is 1.46. The highest BCUT2D eigenvalue weighted by molar-refractivity contribution is 5.72. The van der Waals surface area contributed by atoms with Crippen LogP contribution in [-0.2, 0) is 4.79 Å². The van der Waals surface area contributed by atoms with Gasteiger partial charge in [0.15, 0.2) is 6.17 Å². The second-order valence-electron chi connectivity index (χ2n) is 1.85. The molecule has 0 spiro atoms. The van der Waals surface area contributed by atoms with Crippen molar-refractivity contribution in [2.45, 2.75) is 12.6 Å². The Hall–Kier alpha value is -0.870. The lowest BCUT2D eigenvalue weighted by molar-refractivity contribution is -0.139. The molecule has 0 radical (unpaired) electrons. The minimum absolute atomic E-state index is 0.553. The molecule has 0 aliphatic heterocycles. The van der Waals surface area contributed by atoms with Crippen LogP contribution < -0.4 is 11.1 Å². The molecule has 4 nitrogen and oxygen atoms in total. The average Bonchev–Trinajstić information content (AvgIpc) is 1.88. The van der Waals surface area contributed by atoms with Crippen LogP contribution in [0.2, 0.25) is 0 Å². The Labute approximate surface area is 59.7 Å². The summed E-state index contributed by atoms with van der Waals surface area (Å²) in [4.78, 5) is 10.1. The fourth-order valence-corrected chi connectivity index (χ4v) is 0.428. The van der Waals surface area contributed by atoms with E-state index in [1.165, 1.54) is 0 Å². The SMILES string of the molecule is C=CCCNC(N)C(=O)O. The Bertz CT molecular complexity index is 125. The zero-order chi connectivity index (χ0) is 7.98. The second-order valence-corrected chi connectivity index (χ2v) is 1.85. The van der Waals surface area contributed by atoms with E-state index < -0.39 is 12.1 Å². The van der Waals surface area contributed by atoms with Crippen molar-refractivity contribution in [2.24, 2.45) is 5.73 Å². The number of hydrogen-bond donors (Lipinski definition) is 3. The zero-order valence-electron chi connectivity index (χ0n) is 5.71. The summed E-state index contributed by atoms with van der Waals surface area (Å²) in [5.41, 5.74) is 5.11. The fourth-order valence-electron chi connectivity index (χ4n) is 0.428. The van der Waals surface area contributed by atoms with E-state index in [1.807, 2.05) is 0 Å². The van der Waals surface area contributed by atoms with Crippen molar-refractivity contribution in [3.63, 3.8) is 0 Å². The first kappa shape index (κ1) is 9.13. The molecule has 0 bridgehead atoms. The summed E-state index contributed by atoms with van der Waals surface area (Å²) >= 11 is 0. The molecule has 0 aromatic heterocycles. The quantitative estimate of drug-likeness (QED) is 0.277. The molecule has 0 heterocycles. The van der Waals surface area contributed by atoms with Crippen molar-refractivity contribution < 1.29 is 9.90 Å². The van der Waals surface area contributed by atoms with Gasteiger partial charge in [-0.15, -0.1) is 6.58 Å². The second kappa shape index (κ2) is 4.96. The molecule has 0 aromatic rings. The molecule has 0 fully saturated rings. The van der Waals surface area contributed by atoms with Crippen LogP contribution >= 0.6 is 0 Å². The van der Waals surface area contributed by atoms with Crippen molar-refractivity contribution in [1.82, 2.24) is 5.32 Å². The Morgan fingerprint density at radius 1 is 1.90 bits per heavy atom. The molecule has 1 unspecified atom stereocenters. The number of rotatable bonds is 5. The van der Waals surface area contributed by atoms with E-state index >= 15 is 0 Å². The van der Waals surface area contributed by atoms with E-state index in [-0.39, 0.29) is 0 Å². The highest BCUT2D eigenvalue weighted by Crippen LogP contribution is 1.77. The summed E-state index contributed by atoms with van der Waals surface area (Å²) in [6, 6.07) is 0. The van der Waals surface area contributed by atoms with Crippen molar-refractivity contribution in [2.75, 3.05) is 6.54 Å². The maximum atomic E-state index is 10.1. The topological polar surface area (TPSA) is 75.3 Å². The van der Waals surface area contributed by atoms with Gasteiger partial charge >= 0.3 is 5.97 Å². The van der Waals surface area contributed by atoms with Gasteiger partial charge in [0, 0.05) is 6.54 Å². The third kappa shape index (κ3) is 4.05. The van der Waals surface area contributed by atoms with Gasteiger partial charge in [-0.1, -0.05) is 6.08 Å². The number of nitrogens with one attached hydrogen (secondary N) is 1. The maximum Gasteiger partial charge on any atom is 0.335 e. The molecule has 0 saturated carbocycles. The van der Waals surface area contributed by atoms with Crippen LogP contribution in [0.25, 0.3) is 0 Å². The number of carboxylic acid groups (broad SMARTS) is 1. The van der Waals surface area contributed by atoms with E-state index in [1.54, 1.807) is 6.08 Å². The van der Waals surface area contributed by atoms with Gasteiger partial charge < -0.3 is 10.8 Å². The Morgan fingerprint density at radius 3 is 2.90 bits per heavy atom. The predicted octanol–water partition coefficient (Wildman–Crippen LogP) is -0.478. The first-order valence-electron chi connectivity index (χ1n) is 3.01. The van der Waals surface area contributed by atoms with Crippen LogP contribution in [0, 0.1) is 0 Å². The summed E-state index contributed by atoms with van der Waals surface area (Å²) in [7, 11) is 0. The zero-order valence-corrected chi connectivity index (χ0v) is 5.71. The lowest BCUT2D eigenvalue weighted by Crippen LogP contribution is -2.44. The highest BCUT2D eigenvalue weighted by Gasteiger charge is 2.07. The summed E-state index contributed by atoms with van der Waals surface area (Å²) in [5.74, 6) is -1.04. The molecule has 0 aliphatic rings. The molecule has 0 amide bonds. The van der Waals surface area contributed by atoms with Crippen LogP contribution in [-0.4, -0.2) is 23.8 Å². The summed E-state index contributed by atoms with van der Waals surface area (Å²) in [5, 5.41) is 10.9. The first-order valence-corrected chi connectivity index (χ1v) is 3.01. The number of carbonyl (C=O) groups is 1. The molecule has 1 atom stereocenters. The Morgan fingerprint density at radius 2 is 2.50 bits per heavy atom. The van der Waals surface area contributed by atoms with Gasteiger partial charge in [-0.05, 0) is 6.42 Å². The Kier molecular flexibility index (Phi) is 4.53. The molecular formula is C6H12N2O2. The van der Waals surface area contributed by atoms with Crippen LogP contribution in [0.1, 0.15) is 6.42 Å². The van der Waals surface area contributed by atoms with Gasteiger partial charge in [-0.2, -0.15) is 0 Å². The van der Waals surface area contributed by atoms with E-state index in [0.717, 1.165) is 6.42 Å². The molecule has 0 saturated heterocycles. The summed E-state index contributed by atoms with van der Waals surface area (Å²) in [6.45, 7) is 4.03. The van der Waals surface area contributed by atoms with Gasteiger partial charge in [0.05, 0.1) is 0 Å². The largest absolute Gasteiger partial charge is 0.479 e. The van der Waals surface area contributed by atoms with Crippen LogP contribution in [0.4, 0.5) is 0 Å². The molecule has 0 aliphatic carbocycles. The van der Waals surface area contributed by atoms with Gasteiger partial charge in [0.1, 0.15) is 0 Å². The number of hydrogen-bond acceptors (Lipinski definition) is 3. The van der Waals surface area contributed by atoms with E-state index in [4.69, 9.17) is 10.8 Å². The molecule has 58 valence electrons. The van der Waals surface area contributed by atoms with E-state index in [9.17, 15) is 4.79 Å². The molecule has 10 heavy (non-hydrogen) atoms.